The molecule has 2 aliphatic rings. The zero-order chi connectivity index (χ0) is 15.4. The second-order valence-electron chi connectivity index (χ2n) is 6.55. The molecule has 0 saturated carbocycles. The molecule has 3 rings (SSSR count). The summed E-state index contributed by atoms with van der Waals surface area (Å²) in [4.78, 5) is 14.6. The number of piperidine rings is 1. The summed E-state index contributed by atoms with van der Waals surface area (Å²) >= 11 is 1.96. The zero-order valence-electron chi connectivity index (χ0n) is 13.7. The number of halogens is 1. The Balaban J connectivity index is 0.00000192. The first-order chi connectivity index (χ1) is 10.7. The van der Waals surface area contributed by atoms with Crippen molar-refractivity contribution in [2.45, 2.75) is 31.7 Å². The van der Waals surface area contributed by atoms with Crippen LogP contribution in [0.25, 0.3) is 0 Å². The molecule has 0 radical (unpaired) electrons. The maximum Gasteiger partial charge on any atom is 0.224 e. The minimum atomic E-state index is 0. The third-order valence-electron chi connectivity index (χ3n) is 4.91. The summed E-state index contributed by atoms with van der Waals surface area (Å²) in [5, 5.41) is 3.47. The van der Waals surface area contributed by atoms with Gasteiger partial charge in [-0.3, -0.25) is 4.79 Å². The monoisotopic (exact) mass is 354 g/mol. The Bertz CT molecular complexity index is 493. The van der Waals surface area contributed by atoms with Gasteiger partial charge in [-0.2, -0.15) is 11.8 Å². The third-order valence-corrected chi connectivity index (χ3v) is 6.04. The zero-order valence-corrected chi connectivity index (χ0v) is 15.4. The normalized spacial score (nSPS) is 28.0. The van der Waals surface area contributed by atoms with E-state index in [1.165, 1.54) is 11.3 Å². The number of nitrogens with zero attached hydrogens (tertiary/aromatic N) is 1. The minimum absolute atomic E-state index is 0. The lowest BCUT2D eigenvalue weighted by atomic mass is 9.81. The van der Waals surface area contributed by atoms with Crippen molar-refractivity contribution < 1.29 is 4.79 Å². The van der Waals surface area contributed by atoms with Gasteiger partial charge in [0.25, 0.3) is 0 Å². The third kappa shape index (κ3) is 4.88. The standard InChI is InChI=1S/C18H26N2OS.ClH/c1-14-12-20(18(21)11-16-13-22-10-8-19-16)9-7-17(14)15-5-3-2-4-6-15;/h2-6,14,16-17,19H,7-13H2,1H3;1H. The number of carbonyl (C=O) groups excluding carboxylic acids is 1. The van der Waals surface area contributed by atoms with E-state index in [0.29, 0.717) is 30.2 Å². The van der Waals surface area contributed by atoms with Crippen molar-refractivity contribution in [3.63, 3.8) is 0 Å². The van der Waals surface area contributed by atoms with Crippen molar-refractivity contribution in [2.24, 2.45) is 5.92 Å². The summed E-state index contributed by atoms with van der Waals surface area (Å²) < 4.78 is 0. The number of rotatable bonds is 3. The van der Waals surface area contributed by atoms with Crippen molar-refractivity contribution in [2.75, 3.05) is 31.1 Å². The van der Waals surface area contributed by atoms with E-state index in [1.807, 2.05) is 11.8 Å². The molecule has 0 spiro atoms. The molecule has 23 heavy (non-hydrogen) atoms. The van der Waals surface area contributed by atoms with Gasteiger partial charge in [0.2, 0.25) is 5.91 Å². The van der Waals surface area contributed by atoms with Crippen LogP contribution in [-0.4, -0.2) is 48.0 Å². The lowest BCUT2D eigenvalue weighted by molar-refractivity contribution is -0.133. The number of hydrogen-bond acceptors (Lipinski definition) is 3. The lowest BCUT2D eigenvalue weighted by Gasteiger charge is -2.38. The van der Waals surface area contributed by atoms with Gasteiger partial charge in [-0.25, -0.2) is 0 Å². The van der Waals surface area contributed by atoms with Crippen molar-refractivity contribution in [3.8, 4) is 0 Å². The molecule has 1 amide bonds. The van der Waals surface area contributed by atoms with Crippen molar-refractivity contribution in [1.82, 2.24) is 10.2 Å². The molecule has 2 saturated heterocycles. The molecule has 0 aromatic heterocycles. The highest BCUT2D eigenvalue weighted by molar-refractivity contribution is 7.99. The Morgan fingerprint density at radius 2 is 2.13 bits per heavy atom. The van der Waals surface area contributed by atoms with Crippen molar-refractivity contribution in [3.05, 3.63) is 35.9 Å². The first-order valence-electron chi connectivity index (χ1n) is 8.38. The van der Waals surface area contributed by atoms with Crippen molar-refractivity contribution in [1.29, 1.82) is 0 Å². The Labute approximate surface area is 150 Å². The molecular formula is C18H27ClN2OS. The Morgan fingerprint density at radius 3 is 2.78 bits per heavy atom. The summed E-state index contributed by atoms with van der Waals surface area (Å²) in [6.45, 7) is 5.13. The minimum Gasteiger partial charge on any atom is -0.342 e. The summed E-state index contributed by atoms with van der Waals surface area (Å²) in [6.07, 6.45) is 1.75. The summed E-state index contributed by atoms with van der Waals surface area (Å²) in [6, 6.07) is 11.1. The van der Waals surface area contributed by atoms with Gasteiger partial charge in [-0.05, 0) is 23.8 Å². The van der Waals surface area contributed by atoms with Crippen LogP contribution in [-0.2, 0) is 4.79 Å². The highest BCUT2D eigenvalue weighted by Crippen LogP contribution is 2.32. The molecule has 2 fully saturated rings. The molecule has 1 N–H and O–H groups in total. The van der Waals surface area contributed by atoms with Gasteiger partial charge in [-0.1, -0.05) is 37.3 Å². The number of hydrogen-bond donors (Lipinski definition) is 1. The highest BCUT2D eigenvalue weighted by atomic mass is 35.5. The van der Waals surface area contributed by atoms with Crippen LogP contribution in [0.5, 0.6) is 0 Å². The molecule has 0 bridgehead atoms. The summed E-state index contributed by atoms with van der Waals surface area (Å²) in [5.41, 5.74) is 1.42. The second-order valence-corrected chi connectivity index (χ2v) is 7.70. The van der Waals surface area contributed by atoms with Gasteiger partial charge >= 0.3 is 0 Å². The first-order valence-corrected chi connectivity index (χ1v) is 9.53. The smallest absolute Gasteiger partial charge is 0.224 e. The van der Waals surface area contributed by atoms with Crippen LogP contribution in [0.1, 0.15) is 31.2 Å². The van der Waals surface area contributed by atoms with Gasteiger partial charge in [-0.15, -0.1) is 12.4 Å². The number of nitrogens with one attached hydrogen (secondary N) is 1. The van der Waals surface area contributed by atoms with E-state index in [2.05, 4.69) is 47.5 Å². The molecule has 1 aromatic rings. The number of likely N-dealkylation sites (tertiary alicyclic amines) is 1. The van der Waals surface area contributed by atoms with Gasteiger partial charge < -0.3 is 10.2 Å². The van der Waals surface area contributed by atoms with E-state index in [0.717, 1.165) is 31.8 Å². The van der Waals surface area contributed by atoms with Crippen LogP contribution in [0.3, 0.4) is 0 Å². The molecule has 3 nitrogen and oxygen atoms in total. The number of thioether (sulfide) groups is 1. The summed E-state index contributed by atoms with van der Waals surface area (Å²) in [5.74, 6) is 3.70. The highest BCUT2D eigenvalue weighted by Gasteiger charge is 2.30. The Kier molecular flexibility index (Phi) is 7.25. The SMILES string of the molecule is CC1CN(C(=O)CC2CSCCN2)CCC1c1ccccc1.Cl. The Hall–Kier alpha value is -0.710. The van der Waals surface area contributed by atoms with Gasteiger partial charge in [0.1, 0.15) is 0 Å². The fourth-order valence-electron chi connectivity index (χ4n) is 3.66. The molecule has 128 valence electrons. The average molecular weight is 355 g/mol. The number of benzene rings is 1. The van der Waals surface area contributed by atoms with E-state index in [9.17, 15) is 4.79 Å². The molecule has 2 heterocycles. The van der Waals surface area contributed by atoms with E-state index in [1.54, 1.807) is 0 Å². The molecule has 5 heteroatoms. The van der Waals surface area contributed by atoms with Crippen LogP contribution >= 0.6 is 24.2 Å². The maximum atomic E-state index is 12.5. The Morgan fingerprint density at radius 1 is 1.35 bits per heavy atom. The van der Waals surface area contributed by atoms with E-state index in [4.69, 9.17) is 0 Å². The van der Waals surface area contributed by atoms with Crippen molar-refractivity contribution >= 4 is 30.1 Å². The first kappa shape index (κ1) is 18.6. The topological polar surface area (TPSA) is 32.3 Å². The second kappa shape index (κ2) is 8.95. The molecule has 1 aromatic carbocycles. The van der Waals surface area contributed by atoms with E-state index >= 15 is 0 Å². The van der Waals surface area contributed by atoms with E-state index in [-0.39, 0.29) is 12.4 Å². The fraction of sp³-hybridized carbons (Fsp3) is 0.611. The van der Waals surface area contributed by atoms with Crippen LogP contribution in [0.2, 0.25) is 0 Å². The number of amides is 1. The number of carbonyl (C=O) groups is 1. The predicted octanol–water partition coefficient (Wildman–Crippen LogP) is 3.16. The van der Waals surface area contributed by atoms with Crippen LogP contribution in [0, 0.1) is 5.92 Å². The van der Waals surface area contributed by atoms with E-state index < -0.39 is 0 Å². The average Bonchev–Trinajstić information content (AvgIpc) is 2.56. The molecule has 0 aliphatic carbocycles. The predicted molar refractivity (Wildman–Crippen MR) is 101 cm³/mol. The molecule has 2 aliphatic heterocycles. The quantitative estimate of drug-likeness (QED) is 0.905. The lowest BCUT2D eigenvalue weighted by Crippen LogP contribution is -2.46. The molecule has 3 unspecified atom stereocenters. The largest absolute Gasteiger partial charge is 0.342 e. The van der Waals surface area contributed by atoms with Gasteiger partial charge in [0, 0.05) is 43.6 Å². The van der Waals surface area contributed by atoms with Crippen LogP contribution in [0.15, 0.2) is 30.3 Å². The van der Waals surface area contributed by atoms with Gasteiger partial charge in [0.15, 0.2) is 0 Å². The van der Waals surface area contributed by atoms with Crippen LogP contribution < -0.4 is 5.32 Å². The van der Waals surface area contributed by atoms with Gasteiger partial charge in [0.05, 0.1) is 0 Å². The maximum absolute atomic E-state index is 12.5. The fourth-order valence-corrected chi connectivity index (χ4v) is 4.61. The van der Waals surface area contributed by atoms with Crippen LogP contribution in [0.4, 0.5) is 0 Å². The molecule has 3 atom stereocenters. The molecular weight excluding hydrogens is 328 g/mol. The summed E-state index contributed by atoms with van der Waals surface area (Å²) in [7, 11) is 0.